The number of benzene rings is 1. The van der Waals surface area contributed by atoms with Gasteiger partial charge in [0.25, 0.3) is 0 Å². The Labute approximate surface area is 107 Å². The van der Waals surface area contributed by atoms with E-state index in [2.05, 4.69) is 11.6 Å². The van der Waals surface area contributed by atoms with Crippen molar-refractivity contribution in [2.24, 2.45) is 0 Å². The van der Waals surface area contributed by atoms with E-state index in [1.165, 1.54) is 6.07 Å². The molecule has 0 radical (unpaired) electrons. The summed E-state index contributed by atoms with van der Waals surface area (Å²) in [5.41, 5.74) is 5.52. The third-order valence-corrected chi connectivity index (χ3v) is 3.97. The maximum absolute atomic E-state index is 13.1. The van der Waals surface area contributed by atoms with Crippen molar-refractivity contribution in [2.75, 3.05) is 12.3 Å². The van der Waals surface area contributed by atoms with Crippen LogP contribution in [0.25, 0.3) is 0 Å². The molecule has 0 aliphatic rings. The summed E-state index contributed by atoms with van der Waals surface area (Å²) in [4.78, 5) is -0.129. The third kappa shape index (κ3) is 4.62. The van der Waals surface area contributed by atoms with Gasteiger partial charge in [-0.05, 0) is 24.6 Å². The minimum atomic E-state index is -3.66. The zero-order valence-electron chi connectivity index (χ0n) is 10.4. The molecule has 6 heteroatoms. The predicted octanol–water partition coefficient (Wildman–Crippen LogP) is 2.27. The standard InChI is InChI=1S/C12H19FN2O2S/c1-2-3-4-5-6-15-18(16,17)12-8-10(13)7-11(14)9-12/h7-9,15H,2-6,14H2,1H3. The molecular weight excluding hydrogens is 255 g/mol. The number of hydrogen-bond acceptors (Lipinski definition) is 3. The normalized spacial score (nSPS) is 11.7. The summed E-state index contributed by atoms with van der Waals surface area (Å²) >= 11 is 0. The molecule has 0 fully saturated rings. The molecule has 0 saturated heterocycles. The van der Waals surface area contributed by atoms with E-state index in [1.54, 1.807) is 0 Å². The molecule has 0 atom stereocenters. The van der Waals surface area contributed by atoms with Gasteiger partial charge in [-0.2, -0.15) is 0 Å². The second-order valence-electron chi connectivity index (χ2n) is 4.18. The van der Waals surface area contributed by atoms with E-state index in [-0.39, 0.29) is 10.6 Å². The van der Waals surface area contributed by atoms with Gasteiger partial charge in [-0.1, -0.05) is 26.2 Å². The highest BCUT2D eigenvalue weighted by Gasteiger charge is 2.14. The van der Waals surface area contributed by atoms with Crippen LogP contribution in [0.1, 0.15) is 32.6 Å². The second-order valence-corrected chi connectivity index (χ2v) is 5.95. The van der Waals surface area contributed by atoms with Gasteiger partial charge in [0, 0.05) is 12.2 Å². The van der Waals surface area contributed by atoms with Crippen LogP contribution in [-0.4, -0.2) is 15.0 Å². The van der Waals surface area contributed by atoms with Crippen molar-refractivity contribution < 1.29 is 12.8 Å². The van der Waals surface area contributed by atoms with Gasteiger partial charge in [0.2, 0.25) is 10.0 Å². The molecule has 18 heavy (non-hydrogen) atoms. The first-order valence-corrected chi connectivity index (χ1v) is 7.50. The highest BCUT2D eigenvalue weighted by atomic mass is 32.2. The number of sulfonamides is 1. The lowest BCUT2D eigenvalue weighted by Crippen LogP contribution is -2.25. The molecule has 4 nitrogen and oxygen atoms in total. The van der Waals surface area contributed by atoms with Crippen molar-refractivity contribution in [1.82, 2.24) is 4.72 Å². The molecule has 0 spiro atoms. The van der Waals surface area contributed by atoms with Gasteiger partial charge in [0.15, 0.2) is 0 Å². The van der Waals surface area contributed by atoms with Crippen molar-refractivity contribution >= 4 is 15.7 Å². The lowest BCUT2D eigenvalue weighted by atomic mass is 10.2. The summed E-state index contributed by atoms with van der Waals surface area (Å²) < 4.78 is 39.2. The van der Waals surface area contributed by atoms with Crippen molar-refractivity contribution in [3.63, 3.8) is 0 Å². The summed E-state index contributed by atoms with van der Waals surface area (Å²) in [6.07, 6.45) is 3.92. The van der Waals surface area contributed by atoms with Crippen LogP contribution < -0.4 is 10.5 Å². The van der Waals surface area contributed by atoms with E-state index in [1.807, 2.05) is 0 Å². The second kappa shape index (κ2) is 6.70. The van der Waals surface area contributed by atoms with Crippen LogP contribution >= 0.6 is 0 Å². The van der Waals surface area contributed by atoms with Gasteiger partial charge in [-0.25, -0.2) is 17.5 Å². The summed E-state index contributed by atoms with van der Waals surface area (Å²) in [5.74, 6) is -0.652. The fourth-order valence-corrected chi connectivity index (χ4v) is 2.72. The average Bonchev–Trinajstić information content (AvgIpc) is 2.27. The van der Waals surface area contributed by atoms with Crippen LogP contribution in [0.2, 0.25) is 0 Å². The summed E-state index contributed by atoms with van der Waals surface area (Å²) in [6, 6.07) is 3.29. The molecule has 1 aromatic rings. The van der Waals surface area contributed by atoms with E-state index in [9.17, 15) is 12.8 Å². The van der Waals surface area contributed by atoms with Gasteiger partial charge in [0.05, 0.1) is 4.90 Å². The van der Waals surface area contributed by atoms with Crippen LogP contribution in [0, 0.1) is 5.82 Å². The van der Waals surface area contributed by atoms with Gasteiger partial charge >= 0.3 is 0 Å². The van der Waals surface area contributed by atoms with Gasteiger partial charge < -0.3 is 5.73 Å². The van der Waals surface area contributed by atoms with Gasteiger partial charge in [-0.15, -0.1) is 0 Å². The lowest BCUT2D eigenvalue weighted by molar-refractivity contribution is 0.570. The summed E-state index contributed by atoms with van der Waals surface area (Å²) in [5, 5.41) is 0. The number of anilines is 1. The number of nitrogens with two attached hydrogens (primary N) is 1. The van der Waals surface area contributed by atoms with Crippen molar-refractivity contribution in [3.8, 4) is 0 Å². The molecule has 102 valence electrons. The molecular formula is C12H19FN2O2S. The van der Waals surface area contributed by atoms with E-state index in [0.717, 1.165) is 37.8 Å². The monoisotopic (exact) mass is 274 g/mol. The first kappa shape index (κ1) is 14.9. The molecule has 0 saturated carbocycles. The van der Waals surface area contributed by atoms with E-state index in [0.29, 0.717) is 6.54 Å². The van der Waals surface area contributed by atoms with Crippen molar-refractivity contribution in [1.29, 1.82) is 0 Å². The van der Waals surface area contributed by atoms with E-state index < -0.39 is 15.8 Å². The van der Waals surface area contributed by atoms with Gasteiger partial charge in [-0.3, -0.25) is 0 Å². The van der Waals surface area contributed by atoms with E-state index in [4.69, 9.17) is 5.73 Å². The fraction of sp³-hybridized carbons (Fsp3) is 0.500. The molecule has 1 rings (SSSR count). The Bertz CT molecular complexity index is 469. The van der Waals surface area contributed by atoms with E-state index >= 15 is 0 Å². The number of nitrogens with one attached hydrogen (secondary N) is 1. The highest BCUT2D eigenvalue weighted by Crippen LogP contribution is 2.15. The molecule has 0 aliphatic carbocycles. The number of rotatable bonds is 7. The van der Waals surface area contributed by atoms with Crippen LogP contribution in [0.15, 0.2) is 23.1 Å². The van der Waals surface area contributed by atoms with Crippen LogP contribution in [-0.2, 0) is 10.0 Å². The fourth-order valence-electron chi connectivity index (χ4n) is 1.58. The number of halogens is 1. The Morgan fingerprint density at radius 1 is 1.22 bits per heavy atom. The quantitative estimate of drug-likeness (QED) is 0.592. The molecule has 1 aromatic carbocycles. The van der Waals surface area contributed by atoms with Crippen molar-refractivity contribution in [3.05, 3.63) is 24.0 Å². The third-order valence-electron chi connectivity index (χ3n) is 2.53. The smallest absolute Gasteiger partial charge is 0.240 e. The first-order chi connectivity index (χ1) is 8.45. The largest absolute Gasteiger partial charge is 0.399 e. The Morgan fingerprint density at radius 2 is 1.94 bits per heavy atom. The maximum atomic E-state index is 13.1. The number of hydrogen-bond donors (Lipinski definition) is 2. The van der Waals surface area contributed by atoms with Gasteiger partial charge in [0.1, 0.15) is 5.82 Å². The summed E-state index contributed by atoms with van der Waals surface area (Å²) in [6.45, 7) is 2.44. The zero-order chi connectivity index (χ0) is 13.6. The molecule has 0 bridgehead atoms. The average molecular weight is 274 g/mol. The molecule has 3 N–H and O–H groups in total. The molecule has 0 aromatic heterocycles. The molecule has 0 aliphatic heterocycles. The Kier molecular flexibility index (Phi) is 5.55. The Morgan fingerprint density at radius 3 is 2.56 bits per heavy atom. The minimum Gasteiger partial charge on any atom is -0.399 e. The van der Waals surface area contributed by atoms with Crippen molar-refractivity contribution in [2.45, 2.75) is 37.5 Å². The highest BCUT2D eigenvalue weighted by molar-refractivity contribution is 7.89. The summed E-state index contributed by atoms with van der Waals surface area (Å²) in [7, 11) is -3.66. The minimum absolute atomic E-state index is 0.0985. The number of nitrogen functional groups attached to an aromatic ring is 1. The zero-order valence-corrected chi connectivity index (χ0v) is 11.3. The lowest BCUT2D eigenvalue weighted by Gasteiger charge is -2.07. The molecule has 0 unspecified atom stereocenters. The topological polar surface area (TPSA) is 72.2 Å². The van der Waals surface area contributed by atoms with Crippen LogP contribution in [0.4, 0.5) is 10.1 Å². The molecule has 0 heterocycles. The Hall–Kier alpha value is -1.14. The Balaban J connectivity index is 2.63. The SMILES string of the molecule is CCCCCCNS(=O)(=O)c1cc(N)cc(F)c1. The maximum Gasteiger partial charge on any atom is 0.240 e. The predicted molar refractivity (Wildman–Crippen MR) is 70.1 cm³/mol. The van der Waals surface area contributed by atoms with Crippen LogP contribution in [0.3, 0.4) is 0 Å². The van der Waals surface area contributed by atoms with Crippen LogP contribution in [0.5, 0.6) is 0 Å². The molecule has 0 amide bonds. The first-order valence-electron chi connectivity index (χ1n) is 6.01. The number of unbranched alkanes of at least 4 members (excludes halogenated alkanes) is 3.